The largest absolute Gasteiger partial charge is 0.458 e. The molecule has 0 heterocycles. The number of hydrogen-bond acceptors (Lipinski definition) is 2. The molecule has 6 heteroatoms. The van der Waals surface area contributed by atoms with Crippen molar-refractivity contribution in [3.05, 3.63) is 0 Å². The van der Waals surface area contributed by atoms with Gasteiger partial charge in [0, 0.05) is 32.6 Å². The van der Waals surface area contributed by atoms with Crippen molar-refractivity contribution in [2.75, 3.05) is 0 Å². The van der Waals surface area contributed by atoms with Crippen LogP contribution in [0.3, 0.4) is 0 Å². The van der Waals surface area contributed by atoms with E-state index in [1.54, 1.807) is 0 Å². The number of ketones is 2. The van der Waals surface area contributed by atoms with E-state index in [9.17, 15) is 22.8 Å². The smallest absolute Gasteiger partial charge is 0.291 e. The summed E-state index contributed by atoms with van der Waals surface area (Å²) in [6, 6.07) is 0. The van der Waals surface area contributed by atoms with Crippen LogP contribution in [0.1, 0.15) is 13.3 Å². The zero-order valence-corrected chi connectivity index (χ0v) is 8.12. The van der Waals surface area contributed by atoms with Crippen molar-refractivity contribution in [1.82, 2.24) is 0 Å². The average molecular weight is 245 g/mol. The maximum Gasteiger partial charge on any atom is 0.458 e. The van der Waals surface area contributed by atoms with E-state index in [-0.39, 0.29) is 26.2 Å². The van der Waals surface area contributed by atoms with Crippen molar-refractivity contribution in [2.45, 2.75) is 19.5 Å². The van der Waals surface area contributed by atoms with Crippen LogP contribution in [0.25, 0.3) is 0 Å². The van der Waals surface area contributed by atoms with E-state index in [1.807, 2.05) is 0 Å². The van der Waals surface area contributed by atoms with Crippen molar-refractivity contribution in [1.29, 1.82) is 0 Å². The maximum absolute atomic E-state index is 11.3. The van der Waals surface area contributed by atoms with Gasteiger partial charge in [-0.1, -0.05) is 6.92 Å². The molecule has 0 aliphatic carbocycles. The van der Waals surface area contributed by atoms with E-state index in [1.165, 1.54) is 6.92 Å². The Morgan fingerprint density at radius 1 is 1.27 bits per heavy atom. The fourth-order valence-electron chi connectivity index (χ4n) is 0.319. The maximum atomic E-state index is 11.3. The first-order valence-corrected chi connectivity index (χ1v) is 2.54. The van der Waals surface area contributed by atoms with Crippen LogP contribution in [0.15, 0.2) is 0 Å². The molecule has 0 saturated carbocycles. The van der Waals surface area contributed by atoms with Gasteiger partial charge in [0.05, 0.1) is 0 Å². The molecule has 0 radical (unpaired) electrons. The third kappa shape index (κ3) is 4.46. The van der Waals surface area contributed by atoms with Crippen LogP contribution in [-0.2, 0) is 35.8 Å². The summed E-state index contributed by atoms with van der Waals surface area (Å²) >= 11 is 0. The second-order valence-corrected chi connectivity index (χ2v) is 1.60. The predicted molar refractivity (Wildman–Crippen MR) is 26.4 cm³/mol. The minimum atomic E-state index is -5.01. The Morgan fingerprint density at radius 3 is 1.73 bits per heavy atom. The summed E-state index contributed by atoms with van der Waals surface area (Å²) in [7, 11) is 0. The van der Waals surface area contributed by atoms with E-state index in [2.05, 4.69) is 0 Å². The fourth-order valence-corrected chi connectivity index (χ4v) is 0.319. The zero-order valence-electron chi connectivity index (χ0n) is 5.66. The monoisotopic (exact) mass is 244 g/mol. The van der Waals surface area contributed by atoms with Gasteiger partial charge < -0.3 is 0 Å². The van der Waals surface area contributed by atoms with Crippen molar-refractivity contribution in [3.8, 4) is 0 Å². The number of carbonyl (C=O) groups excluding carboxylic acids is 2. The molecule has 0 spiro atoms. The molecule has 0 unspecified atom stereocenters. The molecule has 0 aromatic rings. The van der Waals surface area contributed by atoms with E-state index in [4.69, 9.17) is 0 Å². The van der Waals surface area contributed by atoms with Gasteiger partial charge in [-0.25, -0.2) is 0 Å². The minimum Gasteiger partial charge on any atom is -0.291 e. The van der Waals surface area contributed by atoms with Crippen LogP contribution in [-0.4, -0.2) is 17.7 Å². The van der Waals surface area contributed by atoms with Crippen LogP contribution in [0.4, 0.5) is 13.2 Å². The molecule has 11 heavy (non-hydrogen) atoms. The van der Waals surface area contributed by atoms with Gasteiger partial charge in [-0.3, -0.25) is 9.59 Å². The first-order chi connectivity index (χ1) is 4.39. The van der Waals surface area contributed by atoms with Crippen molar-refractivity contribution >= 4 is 11.6 Å². The molecule has 0 N–H and O–H groups in total. The molecule has 2 nitrogen and oxygen atoms in total. The van der Waals surface area contributed by atoms with Gasteiger partial charge in [0.2, 0.25) is 5.78 Å². The summed E-state index contributed by atoms with van der Waals surface area (Å²) in [5.74, 6) is -3.66. The minimum absolute atomic E-state index is 0. The zero-order chi connectivity index (χ0) is 8.36. The molecule has 0 aromatic heterocycles. The first kappa shape index (κ1) is 13.6. The SMILES string of the molecule is CCC(=O)C(=O)C(F)(F)F.[Zr]. The summed E-state index contributed by atoms with van der Waals surface area (Å²) in [5.41, 5.74) is 0. The Balaban J connectivity index is 0. The van der Waals surface area contributed by atoms with Crippen LogP contribution in [0.5, 0.6) is 0 Å². The van der Waals surface area contributed by atoms with Crippen molar-refractivity contribution in [2.24, 2.45) is 0 Å². The predicted octanol–water partition coefficient (Wildman–Crippen LogP) is 1.09. The summed E-state index contributed by atoms with van der Waals surface area (Å²) < 4.78 is 33.9. The van der Waals surface area contributed by atoms with E-state index in [0.717, 1.165) is 0 Å². The number of alkyl halides is 3. The molecule has 0 atom stereocenters. The van der Waals surface area contributed by atoms with Gasteiger partial charge in [0.1, 0.15) is 0 Å². The van der Waals surface area contributed by atoms with Crippen molar-refractivity contribution in [3.63, 3.8) is 0 Å². The fraction of sp³-hybridized carbons (Fsp3) is 0.600. The topological polar surface area (TPSA) is 34.1 Å². The van der Waals surface area contributed by atoms with Gasteiger partial charge in [0.25, 0.3) is 0 Å². The van der Waals surface area contributed by atoms with Crippen LogP contribution < -0.4 is 0 Å². The second kappa shape index (κ2) is 4.80. The Bertz CT molecular complexity index is 164. The molecule has 0 rings (SSSR count). The number of hydrogen-bond donors (Lipinski definition) is 0. The Morgan fingerprint density at radius 2 is 1.64 bits per heavy atom. The molecule has 62 valence electrons. The summed E-state index contributed by atoms with van der Waals surface area (Å²) in [5, 5.41) is 0. The second-order valence-electron chi connectivity index (χ2n) is 1.60. The Hall–Kier alpha value is 0.0131. The normalized spacial score (nSPS) is 10.2. The van der Waals surface area contributed by atoms with Gasteiger partial charge >= 0.3 is 12.0 Å². The molecule has 0 bridgehead atoms. The molecular weight excluding hydrogens is 240 g/mol. The molecule has 0 aromatic carbocycles. The van der Waals surface area contributed by atoms with E-state index >= 15 is 0 Å². The summed E-state index contributed by atoms with van der Waals surface area (Å²) in [6.07, 6.45) is -5.41. The Kier molecular flexibility index (Phi) is 5.94. The average Bonchev–Trinajstić information content (AvgIpc) is 1.83. The van der Waals surface area contributed by atoms with Crippen LogP contribution in [0.2, 0.25) is 0 Å². The van der Waals surface area contributed by atoms with Crippen LogP contribution in [0, 0.1) is 0 Å². The standard InChI is InChI=1S/C5H5F3O2.Zr/c1-2-3(9)4(10)5(6,7)8;/h2H2,1H3;. The number of halogens is 3. The van der Waals surface area contributed by atoms with E-state index in [0.29, 0.717) is 0 Å². The van der Waals surface area contributed by atoms with Crippen LogP contribution >= 0.6 is 0 Å². The molecule has 0 aliphatic rings. The van der Waals surface area contributed by atoms with Gasteiger partial charge in [0.15, 0.2) is 0 Å². The number of rotatable bonds is 2. The van der Waals surface area contributed by atoms with Crippen molar-refractivity contribution < 1.29 is 49.0 Å². The quantitative estimate of drug-likeness (QED) is 0.683. The summed E-state index contributed by atoms with van der Waals surface area (Å²) in [4.78, 5) is 20.0. The molecule has 0 amide bonds. The van der Waals surface area contributed by atoms with Gasteiger partial charge in [-0.15, -0.1) is 0 Å². The third-order valence-electron chi connectivity index (χ3n) is 0.832. The first-order valence-electron chi connectivity index (χ1n) is 2.54. The number of carbonyl (C=O) groups is 2. The summed E-state index contributed by atoms with van der Waals surface area (Å²) in [6.45, 7) is 1.20. The third-order valence-corrected chi connectivity index (χ3v) is 0.832. The molecule has 0 saturated heterocycles. The number of Topliss-reactive ketones (excluding diaryl/α,β-unsaturated/α-hetero) is 2. The van der Waals surface area contributed by atoms with Gasteiger partial charge in [-0.05, 0) is 0 Å². The Labute approximate surface area is 80.3 Å². The molecule has 0 aliphatic heterocycles. The molecule has 0 fully saturated rings. The van der Waals surface area contributed by atoms with E-state index < -0.39 is 24.2 Å². The molecular formula is C5H5F3O2Zr. The van der Waals surface area contributed by atoms with Gasteiger partial charge in [-0.2, -0.15) is 13.2 Å².